The molecule has 0 unspecified atom stereocenters. The number of carboxylic acids is 1. The van der Waals surface area contributed by atoms with Crippen LogP contribution in [0.3, 0.4) is 0 Å². The summed E-state index contributed by atoms with van der Waals surface area (Å²) in [7, 11) is 0. The van der Waals surface area contributed by atoms with Crippen molar-refractivity contribution in [3.63, 3.8) is 0 Å². The number of aromatic carboxylic acids is 1. The van der Waals surface area contributed by atoms with Crippen molar-refractivity contribution >= 4 is 33.2 Å². The average Bonchev–Trinajstić information content (AvgIpc) is 2.72. The highest BCUT2D eigenvalue weighted by atomic mass is 79.9. The van der Waals surface area contributed by atoms with Gasteiger partial charge >= 0.3 is 5.97 Å². The van der Waals surface area contributed by atoms with Gasteiger partial charge in [-0.1, -0.05) is 29.3 Å². The zero-order chi connectivity index (χ0) is 14.0. The molecular formula is C13H11BrFNO2S. The molecule has 0 aliphatic carbocycles. The van der Waals surface area contributed by atoms with Crippen LogP contribution in [-0.4, -0.2) is 16.1 Å². The number of carbonyl (C=O) groups is 1. The van der Waals surface area contributed by atoms with E-state index in [0.29, 0.717) is 27.2 Å². The molecule has 1 heterocycles. The van der Waals surface area contributed by atoms with Crippen LogP contribution in [0.15, 0.2) is 22.7 Å². The fourth-order valence-electron chi connectivity index (χ4n) is 1.73. The molecule has 0 aliphatic rings. The smallest absolute Gasteiger partial charge is 0.347 e. The number of halogens is 2. The van der Waals surface area contributed by atoms with Crippen LogP contribution >= 0.6 is 27.3 Å². The molecule has 0 aliphatic heterocycles. The Morgan fingerprint density at radius 3 is 2.79 bits per heavy atom. The number of benzene rings is 1. The molecule has 1 aromatic heterocycles. The maximum atomic E-state index is 13.4. The van der Waals surface area contributed by atoms with Gasteiger partial charge in [0.15, 0.2) is 0 Å². The molecule has 0 radical (unpaired) electrons. The number of aryl methyl sites for hydroxylation is 1. The van der Waals surface area contributed by atoms with Gasteiger partial charge in [0.05, 0.1) is 5.69 Å². The van der Waals surface area contributed by atoms with Gasteiger partial charge in [0.1, 0.15) is 15.7 Å². The molecule has 19 heavy (non-hydrogen) atoms. The monoisotopic (exact) mass is 343 g/mol. The zero-order valence-electron chi connectivity index (χ0n) is 10.1. The van der Waals surface area contributed by atoms with Crippen LogP contribution in [0.5, 0.6) is 0 Å². The van der Waals surface area contributed by atoms with E-state index in [0.717, 1.165) is 17.8 Å². The first kappa shape index (κ1) is 14.1. The maximum Gasteiger partial charge on any atom is 0.347 e. The van der Waals surface area contributed by atoms with E-state index in [2.05, 4.69) is 20.9 Å². The number of aromatic nitrogens is 1. The Balaban J connectivity index is 2.50. The summed E-state index contributed by atoms with van der Waals surface area (Å²) in [6, 6.07) is 4.43. The van der Waals surface area contributed by atoms with Crippen molar-refractivity contribution in [2.45, 2.75) is 19.8 Å². The Labute approximate surface area is 122 Å². The van der Waals surface area contributed by atoms with E-state index >= 15 is 0 Å². The van der Waals surface area contributed by atoms with Crippen LogP contribution in [0, 0.1) is 5.82 Å². The predicted molar refractivity (Wildman–Crippen MR) is 76.2 cm³/mol. The molecule has 0 bridgehead atoms. The minimum Gasteiger partial charge on any atom is -0.477 e. The molecule has 2 aromatic rings. The van der Waals surface area contributed by atoms with Gasteiger partial charge in [-0.05, 0) is 24.6 Å². The number of hydrogen-bond acceptors (Lipinski definition) is 3. The van der Waals surface area contributed by atoms with Crippen molar-refractivity contribution in [1.82, 2.24) is 4.98 Å². The highest BCUT2D eigenvalue weighted by Gasteiger charge is 2.18. The van der Waals surface area contributed by atoms with Crippen molar-refractivity contribution in [1.29, 1.82) is 0 Å². The molecule has 2 rings (SSSR count). The number of nitrogens with zero attached hydrogens (tertiary/aromatic N) is 1. The van der Waals surface area contributed by atoms with Gasteiger partial charge in [0.25, 0.3) is 0 Å². The molecule has 0 atom stereocenters. The lowest BCUT2D eigenvalue weighted by molar-refractivity contribution is 0.0700. The van der Waals surface area contributed by atoms with Crippen LogP contribution in [0.1, 0.15) is 28.7 Å². The largest absolute Gasteiger partial charge is 0.477 e. The molecule has 1 N–H and O–H groups in total. The summed E-state index contributed by atoms with van der Waals surface area (Å²) in [6.45, 7) is 1.96. The average molecular weight is 344 g/mol. The summed E-state index contributed by atoms with van der Waals surface area (Å²) in [5, 5.41) is 9.68. The Hall–Kier alpha value is -1.27. The fraction of sp³-hybridized carbons (Fsp3) is 0.231. The third kappa shape index (κ3) is 3.19. The first-order chi connectivity index (χ1) is 9.01. The van der Waals surface area contributed by atoms with Gasteiger partial charge in [0.2, 0.25) is 0 Å². The lowest BCUT2D eigenvalue weighted by Crippen LogP contribution is -1.98. The molecule has 0 amide bonds. The standard InChI is InChI=1S/C13H11BrFNO2S/c1-2-3-10-11(13(17)18)19-12(16-10)7-4-8(14)6-9(15)5-7/h4-6H,2-3H2,1H3,(H,17,18). The topological polar surface area (TPSA) is 50.2 Å². The lowest BCUT2D eigenvalue weighted by atomic mass is 10.2. The molecule has 100 valence electrons. The quantitative estimate of drug-likeness (QED) is 0.896. The van der Waals surface area contributed by atoms with E-state index < -0.39 is 5.97 Å². The van der Waals surface area contributed by atoms with Crippen molar-refractivity contribution in [2.24, 2.45) is 0 Å². The van der Waals surface area contributed by atoms with Gasteiger partial charge in [-0.3, -0.25) is 0 Å². The van der Waals surface area contributed by atoms with Crippen LogP contribution in [0.25, 0.3) is 10.6 Å². The van der Waals surface area contributed by atoms with E-state index in [1.165, 1.54) is 12.1 Å². The van der Waals surface area contributed by atoms with Gasteiger partial charge < -0.3 is 5.11 Å². The molecular weight excluding hydrogens is 333 g/mol. The molecule has 3 nitrogen and oxygen atoms in total. The maximum absolute atomic E-state index is 13.4. The van der Waals surface area contributed by atoms with Gasteiger partial charge in [0, 0.05) is 10.0 Å². The van der Waals surface area contributed by atoms with E-state index in [4.69, 9.17) is 5.11 Å². The molecule has 0 saturated heterocycles. The first-order valence-electron chi connectivity index (χ1n) is 5.70. The molecule has 0 saturated carbocycles. The highest BCUT2D eigenvalue weighted by Crippen LogP contribution is 2.31. The molecule has 1 aromatic carbocycles. The second-order valence-corrected chi connectivity index (χ2v) is 5.92. The van der Waals surface area contributed by atoms with Crippen molar-refractivity contribution in [3.05, 3.63) is 39.1 Å². The van der Waals surface area contributed by atoms with Gasteiger partial charge in [-0.15, -0.1) is 11.3 Å². The summed E-state index contributed by atoms with van der Waals surface area (Å²) >= 11 is 4.30. The summed E-state index contributed by atoms with van der Waals surface area (Å²) in [6.07, 6.45) is 1.42. The van der Waals surface area contributed by atoms with Gasteiger partial charge in [-0.25, -0.2) is 14.2 Å². The minimum atomic E-state index is -0.984. The fourth-order valence-corrected chi connectivity index (χ4v) is 3.13. The molecule has 0 spiro atoms. The van der Waals surface area contributed by atoms with Gasteiger partial charge in [-0.2, -0.15) is 0 Å². The Bertz CT molecular complexity index is 607. The number of rotatable bonds is 4. The van der Waals surface area contributed by atoms with E-state index in [-0.39, 0.29) is 10.7 Å². The highest BCUT2D eigenvalue weighted by molar-refractivity contribution is 9.10. The van der Waals surface area contributed by atoms with Crippen molar-refractivity contribution < 1.29 is 14.3 Å². The second-order valence-electron chi connectivity index (χ2n) is 4.01. The normalized spacial score (nSPS) is 10.7. The third-order valence-corrected chi connectivity index (χ3v) is 4.08. The Kier molecular flexibility index (Phi) is 4.31. The SMILES string of the molecule is CCCc1nc(-c2cc(F)cc(Br)c2)sc1C(=O)O. The van der Waals surface area contributed by atoms with E-state index in [1.54, 1.807) is 6.07 Å². The Morgan fingerprint density at radius 1 is 1.47 bits per heavy atom. The van der Waals surface area contributed by atoms with Crippen molar-refractivity contribution in [3.8, 4) is 10.6 Å². The summed E-state index contributed by atoms with van der Waals surface area (Å²) in [5.74, 6) is -1.36. The van der Waals surface area contributed by atoms with Crippen LogP contribution < -0.4 is 0 Å². The lowest BCUT2D eigenvalue weighted by Gasteiger charge is -1.98. The first-order valence-corrected chi connectivity index (χ1v) is 7.31. The predicted octanol–water partition coefficient (Wildman–Crippen LogP) is 4.36. The molecule has 0 fully saturated rings. The van der Waals surface area contributed by atoms with Crippen LogP contribution in [-0.2, 0) is 6.42 Å². The van der Waals surface area contributed by atoms with E-state index in [1.807, 2.05) is 6.92 Å². The number of carboxylic acid groups (broad SMARTS) is 1. The zero-order valence-corrected chi connectivity index (χ0v) is 12.5. The Morgan fingerprint density at radius 2 is 2.21 bits per heavy atom. The summed E-state index contributed by atoms with van der Waals surface area (Å²) < 4.78 is 14.0. The summed E-state index contributed by atoms with van der Waals surface area (Å²) in [5.41, 5.74) is 1.15. The third-order valence-electron chi connectivity index (χ3n) is 2.49. The minimum absolute atomic E-state index is 0.234. The van der Waals surface area contributed by atoms with Crippen LogP contribution in [0.2, 0.25) is 0 Å². The molecule has 6 heteroatoms. The van der Waals surface area contributed by atoms with Crippen LogP contribution in [0.4, 0.5) is 4.39 Å². The number of thiazole rings is 1. The van der Waals surface area contributed by atoms with Crippen molar-refractivity contribution in [2.75, 3.05) is 0 Å². The summed E-state index contributed by atoms with van der Waals surface area (Å²) in [4.78, 5) is 15.7. The number of hydrogen-bond donors (Lipinski definition) is 1. The second kappa shape index (κ2) is 5.79. The van der Waals surface area contributed by atoms with E-state index in [9.17, 15) is 9.18 Å².